The molecule has 1 N–H and O–H groups in total. The summed E-state index contributed by atoms with van der Waals surface area (Å²) in [5, 5.41) is 14.5. The van der Waals surface area contributed by atoms with Crippen LogP contribution < -0.4 is 5.56 Å². The minimum atomic E-state index is -0.372. The molecule has 0 fully saturated rings. The number of para-hydroxylation sites is 1. The van der Waals surface area contributed by atoms with Crippen LogP contribution in [0.2, 0.25) is 0 Å². The Bertz CT molecular complexity index is 1020. The van der Waals surface area contributed by atoms with Gasteiger partial charge in [0.15, 0.2) is 0 Å². The minimum absolute atomic E-state index is 0.0996. The summed E-state index contributed by atoms with van der Waals surface area (Å²) in [6.07, 6.45) is 1.55. The van der Waals surface area contributed by atoms with Crippen molar-refractivity contribution in [2.24, 2.45) is 5.16 Å². The molecule has 3 aromatic rings. The van der Waals surface area contributed by atoms with Crippen LogP contribution in [-0.4, -0.2) is 22.0 Å². The van der Waals surface area contributed by atoms with Crippen LogP contribution in [0.1, 0.15) is 12.5 Å². The molecule has 0 amide bonds. The molecule has 1 heterocycles. The number of hydrogen-bond donors (Lipinski definition) is 1. The van der Waals surface area contributed by atoms with Crippen molar-refractivity contribution in [2.75, 3.05) is 6.61 Å². The third-order valence-electron chi connectivity index (χ3n) is 4.03. The van der Waals surface area contributed by atoms with Gasteiger partial charge in [0.1, 0.15) is 17.9 Å². The van der Waals surface area contributed by atoms with E-state index in [0.29, 0.717) is 17.1 Å². The molecule has 5 nitrogen and oxygen atoms in total. The molecule has 0 unspecified atom stereocenters. The van der Waals surface area contributed by atoms with Gasteiger partial charge < -0.3 is 9.94 Å². The number of oxime groups is 1. The van der Waals surface area contributed by atoms with Crippen molar-refractivity contribution in [3.8, 4) is 22.7 Å². The third kappa shape index (κ3) is 3.82. The maximum Gasteiger partial charge on any atom is 0.268 e. The molecule has 0 bridgehead atoms. The van der Waals surface area contributed by atoms with Crippen LogP contribution in [0.3, 0.4) is 0 Å². The standard InChI is InChI=1S/C22H20N2O3/c1-3-14-27-23-16(2)21-20(25)15-19(17-10-6-4-7-11-17)24(22(21)26)18-12-8-5-9-13-18/h3-13,15,25H,1,14H2,2H3/b23-16+. The largest absolute Gasteiger partial charge is 0.507 e. The number of benzene rings is 2. The molecule has 0 atom stereocenters. The fourth-order valence-electron chi connectivity index (χ4n) is 2.82. The molecule has 0 radical (unpaired) electrons. The highest BCUT2D eigenvalue weighted by Crippen LogP contribution is 2.27. The summed E-state index contributed by atoms with van der Waals surface area (Å²) in [5.74, 6) is -0.144. The molecule has 0 spiro atoms. The second kappa shape index (κ2) is 8.19. The second-order valence-corrected chi connectivity index (χ2v) is 5.89. The summed E-state index contributed by atoms with van der Waals surface area (Å²) >= 11 is 0. The van der Waals surface area contributed by atoms with Crippen LogP contribution in [-0.2, 0) is 4.84 Å². The number of aromatic hydroxyl groups is 1. The normalized spacial score (nSPS) is 11.2. The van der Waals surface area contributed by atoms with Gasteiger partial charge in [0.05, 0.1) is 11.4 Å². The Morgan fingerprint density at radius 3 is 2.41 bits per heavy atom. The van der Waals surface area contributed by atoms with Crippen molar-refractivity contribution in [2.45, 2.75) is 6.92 Å². The topological polar surface area (TPSA) is 63.8 Å². The van der Waals surface area contributed by atoms with Crippen LogP contribution in [0.25, 0.3) is 16.9 Å². The smallest absolute Gasteiger partial charge is 0.268 e. The lowest BCUT2D eigenvalue weighted by atomic mass is 10.1. The molecule has 27 heavy (non-hydrogen) atoms. The summed E-state index contributed by atoms with van der Waals surface area (Å²) in [4.78, 5) is 18.4. The van der Waals surface area contributed by atoms with Gasteiger partial charge in [0.2, 0.25) is 0 Å². The van der Waals surface area contributed by atoms with Crippen molar-refractivity contribution >= 4 is 5.71 Å². The molecule has 2 aromatic carbocycles. The van der Waals surface area contributed by atoms with E-state index >= 15 is 0 Å². The van der Waals surface area contributed by atoms with Crippen LogP contribution in [0.5, 0.6) is 5.75 Å². The number of rotatable bonds is 6. The molecular weight excluding hydrogens is 340 g/mol. The Kier molecular flexibility index (Phi) is 5.52. The Labute approximate surface area is 157 Å². The predicted octanol–water partition coefficient (Wildman–Crippen LogP) is 4.14. The van der Waals surface area contributed by atoms with E-state index in [1.165, 1.54) is 0 Å². The lowest BCUT2D eigenvalue weighted by Crippen LogP contribution is -2.26. The van der Waals surface area contributed by atoms with E-state index in [0.717, 1.165) is 5.56 Å². The second-order valence-electron chi connectivity index (χ2n) is 5.89. The first kappa shape index (κ1) is 18.2. The number of aromatic nitrogens is 1. The van der Waals surface area contributed by atoms with Crippen LogP contribution >= 0.6 is 0 Å². The molecule has 0 aliphatic carbocycles. The highest BCUT2D eigenvalue weighted by molar-refractivity contribution is 6.00. The Morgan fingerprint density at radius 1 is 1.15 bits per heavy atom. The van der Waals surface area contributed by atoms with Crippen molar-refractivity contribution < 1.29 is 9.94 Å². The van der Waals surface area contributed by atoms with E-state index in [1.807, 2.05) is 60.7 Å². The Morgan fingerprint density at radius 2 is 1.78 bits per heavy atom. The molecule has 136 valence electrons. The number of hydrogen-bond acceptors (Lipinski definition) is 4. The average molecular weight is 360 g/mol. The Hall–Kier alpha value is -3.60. The van der Waals surface area contributed by atoms with Gasteiger partial charge in [-0.3, -0.25) is 9.36 Å². The summed E-state index contributed by atoms with van der Waals surface area (Å²) in [7, 11) is 0. The average Bonchev–Trinajstić information content (AvgIpc) is 2.69. The lowest BCUT2D eigenvalue weighted by molar-refractivity contribution is 0.175. The molecule has 0 saturated carbocycles. The van der Waals surface area contributed by atoms with Gasteiger partial charge >= 0.3 is 0 Å². The fourth-order valence-corrected chi connectivity index (χ4v) is 2.82. The molecule has 0 aliphatic heterocycles. The van der Waals surface area contributed by atoms with Gasteiger partial charge in [-0.1, -0.05) is 66.3 Å². The number of pyridine rings is 1. The van der Waals surface area contributed by atoms with E-state index in [4.69, 9.17) is 4.84 Å². The predicted molar refractivity (Wildman–Crippen MR) is 107 cm³/mol. The van der Waals surface area contributed by atoms with Crippen LogP contribution in [0.15, 0.2) is 89.3 Å². The maximum atomic E-state index is 13.3. The highest BCUT2D eigenvalue weighted by atomic mass is 16.6. The fraction of sp³-hybridized carbons (Fsp3) is 0.0909. The highest BCUT2D eigenvalue weighted by Gasteiger charge is 2.19. The van der Waals surface area contributed by atoms with E-state index < -0.39 is 0 Å². The van der Waals surface area contributed by atoms with Crippen molar-refractivity contribution in [1.29, 1.82) is 0 Å². The van der Waals surface area contributed by atoms with E-state index in [2.05, 4.69) is 11.7 Å². The summed E-state index contributed by atoms with van der Waals surface area (Å²) in [6, 6.07) is 20.3. The first-order valence-corrected chi connectivity index (χ1v) is 8.51. The number of nitrogens with zero attached hydrogens (tertiary/aromatic N) is 2. The van der Waals surface area contributed by atoms with Crippen molar-refractivity contribution in [1.82, 2.24) is 4.57 Å². The SMILES string of the molecule is C=CCO/N=C(\C)c1c(O)cc(-c2ccccc2)n(-c2ccccc2)c1=O. The van der Waals surface area contributed by atoms with E-state index in [-0.39, 0.29) is 23.5 Å². The van der Waals surface area contributed by atoms with Crippen molar-refractivity contribution in [3.63, 3.8) is 0 Å². The van der Waals surface area contributed by atoms with Gasteiger partial charge in [0.25, 0.3) is 5.56 Å². The van der Waals surface area contributed by atoms with Crippen molar-refractivity contribution in [3.05, 3.63) is 95.3 Å². The zero-order chi connectivity index (χ0) is 19.2. The van der Waals surface area contributed by atoms with Crippen LogP contribution in [0, 0.1) is 0 Å². The molecule has 1 aromatic heterocycles. The Balaban J connectivity index is 2.27. The van der Waals surface area contributed by atoms with Gasteiger partial charge in [-0.15, -0.1) is 0 Å². The zero-order valence-corrected chi connectivity index (χ0v) is 15.0. The first-order chi connectivity index (χ1) is 13.1. The molecule has 0 aliphatic rings. The van der Waals surface area contributed by atoms with Gasteiger partial charge in [-0.25, -0.2) is 0 Å². The van der Waals surface area contributed by atoms with Gasteiger partial charge in [0, 0.05) is 11.8 Å². The molecule has 3 rings (SSSR count). The molecule has 0 saturated heterocycles. The van der Waals surface area contributed by atoms with Crippen LogP contribution in [0.4, 0.5) is 0 Å². The molecule has 5 heteroatoms. The van der Waals surface area contributed by atoms with Gasteiger partial charge in [-0.2, -0.15) is 0 Å². The molecular formula is C22H20N2O3. The summed E-state index contributed by atoms with van der Waals surface area (Å²) < 4.78 is 1.57. The summed E-state index contributed by atoms with van der Waals surface area (Å²) in [6.45, 7) is 5.39. The quantitative estimate of drug-likeness (QED) is 0.311. The zero-order valence-electron chi connectivity index (χ0n) is 15.0. The first-order valence-electron chi connectivity index (χ1n) is 8.51. The monoisotopic (exact) mass is 360 g/mol. The minimum Gasteiger partial charge on any atom is -0.507 e. The third-order valence-corrected chi connectivity index (χ3v) is 4.03. The summed E-state index contributed by atoms with van der Waals surface area (Å²) in [5.41, 5.74) is 2.13. The maximum absolute atomic E-state index is 13.3. The van der Waals surface area contributed by atoms with Gasteiger partial charge in [-0.05, 0) is 24.6 Å². The lowest BCUT2D eigenvalue weighted by Gasteiger charge is -2.16. The van der Waals surface area contributed by atoms with E-state index in [1.54, 1.807) is 23.6 Å². The van der Waals surface area contributed by atoms with E-state index in [9.17, 15) is 9.90 Å².